The number of aromatic nitrogens is 1. The Morgan fingerprint density at radius 3 is 2.57 bits per heavy atom. The van der Waals surface area contributed by atoms with E-state index in [0.29, 0.717) is 21.5 Å². The topological polar surface area (TPSA) is 80.4 Å². The first kappa shape index (κ1) is 13.3. The minimum Gasteiger partial charge on any atom is -0.475 e. The van der Waals surface area contributed by atoms with E-state index in [1.165, 1.54) is 6.20 Å². The third kappa shape index (κ3) is 2.28. The number of pyridine rings is 1. The van der Waals surface area contributed by atoms with Gasteiger partial charge in [0, 0.05) is 22.2 Å². The van der Waals surface area contributed by atoms with E-state index in [1.54, 1.807) is 36.4 Å². The molecule has 0 atom stereocenters. The second-order valence-corrected chi connectivity index (χ2v) is 4.74. The lowest BCUT2D eigenvalue weighted by atomic mass is 10.0. The van der Waals surface area contributed by atoms with E-state index in [4.69, 9.17) is 16.0 Å². The molecule has 0 saturated heterocycles. The summed E-state index contributed by atoms with van der Waals surface area (Å²) in [7, 11) is 0. The van der Waals surface area contributed by atoms with Crippen LogP contribution in [0.25, 0.3) is 22.0 Å². The molecule has 0 radical (unpaired) electrons. The minimum absolute atomic E-state index is 0.0902. The van der Waals surface area contributed by atoms with Crippen molar-refractivity contribution < 1.29 is 14.3 Å². The molecule has 1 aromatic carbocycles. The predicted molar refractivity (Wildman–Crippen MR) is 77.7 cm³/mol. The second kappa shape index (κ2) is 5.03. The molecule has 0 aliphatic carbocycles. The van der Waals surface area contributed by atoms with Gasteiger partial charge in [-0.15, -0.1) is 0 Å². The molecule has 21 heavy (non-hydrogen) atoms. The lowest BCUT2D eigenvalue weighted by molar-refractivity contribution is 0.0659. The van der Waals surface area contributed by atoms with Gasteiger partial charge in [0.1, 0.15) is 0 Å². The standard InChI is InChI=1S/C15H8ClNO4/c16-9-5-3-8(4-6-9)11-10-2-1-7-17-12(10)15(20)21-13(11)14(18)19/h1-7H,(H,18,19). The van der Waals surface area contributed by atoms with Gasteiger partial charge in [-0.05, 0) is 23.8 Å². The van der Waals surface area contributed by atoms with E-state index in [9.17, 15) is 14.7 Å². The summed E-state index contributed by atoms with van der Waals surface area (Å²) < 4.78 is 4.92. The first-order valence-electron chi connectivity index (χ1n) is 5.99. The highest BCUT2D eigenvalue weighted by Gasteiger charge is 2.21. The zero-order valence-corrected chi connectivity index (χ0v) is 11.3. The Balaban J connectivity index is 2.46. The van der Waals surface area contributed by atoms with Crippen molar-refractivity contribution in [1.82, 2.24) is 4.98 Å². The van der Waals surface area contributed by atoms with E-state index in [2.05, 4.69) is 4.98 Å². The highest BCUT2D eigenvalue weighted by molar-refractivity contribution is 6.30. The predicted octanol–water partition coefficient (Wildman–Crippen LogP) is 3.21. The molecule has 2 heterocycles. The average Bonchev–Trinajstić information content (AvgIpc) is 2.48. The molecule has 2 aromatic heterocycles. The molecule has 6 heteroatoms. The van der Waals surface area contributed by atoms with Gasteiger partial charge in [-0.1, -0.05) is 29.8 Å². The smallest absolute Gasteiger partial charge is 0.372 e. The lowest BCUT2D eigenvalue weighted by Crippen LogP contribution is -2.10. The van der Waals surface area contributed by atoms with E-state index in [-0.39, 0.29) is 5.52 Å². The average molecular weight is 302 g/mol. The van der Waals surface area contributed by atoms with Crippen molar-refractivity contribution in [3.05, 3.63) is 63.8 Å². The SMILES string of the molecule is O=C(O)c1oc(=O)c2ncccc2c1-c1ccc(Cl)cc1. The zero-order valence-electron chi connectivity index (χ0n) is 10.5. The fraction of sp³-hybridized carbons (Fsp3) is 0. The molecule has 0 bridgehead atoms. The molecule has 0 fully saturated rings. The maximum Gasteiger partial charge on any atom is 0.372 e. The quantitative estimate of drug-likeness (QED) is 0.786. The number of fused-ring (bicyclic) bond motifs is 1. The summed E-state index contributed by atoms with van der Waals surface area (Å²) in [5, 5.41) is 10.2. The van der Waals surface area contributed by atoms with Crippen LogP contribution in [0.4, 0.5) is 0 Å². The Hall–Kier alpha value is -2.66. The number of halogens is 1. The molecule has 3 aromatic rings. The van der Waals surface area contributed by atoms with Gasteiger partial charge in [0.25, 0.3) is 0 Å². The monoisotopic (exact) mass is 301 g/mol. The first-order valence-corrected chi connectivity index (χ1v) is 6.37. The molecule has 0 aliphatic rings. The van der Waals surface area contributed by atoms with E-state index < -0.39 is 17.4 Å². The molecule has 0 aliphatic heterocycles. The van der Waals surface area contributed by atoms with Gasteiger partial charge in [-0.2, -0.15) is 0 Å². The van der Waals surface area contributed by atoms with Crippen LogP contribution >= 0.6 is 11.6 Å². The molecular weight excluding hydrogens is 294 g/mol. The third-order valence-corrected chi connectivity index (χ3v) is 3.27. The van der Waals surface area contributed by atoms with Crippen LogP contribution in [0.5, 0.6) is 0 Å². The van der Waals surface area contributed by atoms with E-state index in [1.807, 2.05) is 0 Å². The van der Waals surface area contributed by atoms with Crippen molar-refractivity contribution in [3.8, 4) is 11.1 Å². The number of hydrogen-bond acceptors (Lipinski definition) is 4. The number of aromatic carboxylic acids is 1. The van der Waals surface area contributed by atoms with Crippen molar-refractivity contribution in [2.24, 2.45) is 0 Å². The number of nitrogens with zero attached hydrogens (tertiary/aromatic N) is 1. The first-order chi connectivity index (χ1) is 10.1. The summed E-state index contributed by atoms with van der Waals surface area (Å²) in [4.78, 5) is 27.2. The van der Waals surface area contributed by atoms with Crippen molar-refractivity contribution in [3.63, 3.8) is 0 Å². The van der Waals surface area contributed by atoms with Gasteiger partial charge >= 0.3 is 11.6 Å². The maximum atomic E-state index is 11.8. The van der Waals surface area contributed by atoms with E-state index in [0.717, 1.165) is 0 Å². The Bertz CT molecular complexity index is 900. The van der Waals surface area contributed by atoms with Crippen LogP contribution in [0.15, 0.2) is 51.8 Å². The molecule has 104 valence electrons. The van der Waals surface area contributed by atoms with Crippen LogP contribution in [0.3, 0.4) is 0 Å². The lowest BCUT2D eigenvalue weighted by Gasteiger charge is -2.08. The number of benzene rings is 1. The maximum absolute atomic E-state index is 11.8. The van der Waals surface area contributed by atoms with Crippen LogP contribution in [-0.2, 0) is 0 Å². The number of hydrogen-bond donors (Lipinski definition) is 1. The van der Waals surface area contributed by atoms with Gasteiger partial charge in [-0.3, -0.25) is 0 Å². The summed E-state index contributed by atoms with van der Waals surface area (Å²) >= 11 is 5.84. The zero-order chi connectivity index (χ0) is 15.0. The summed E-state index contributed by atoms with van der Waals surface area (Å²) in [6.45, 7) is 0. The van der Waals surface area contributed by atoms with Gasteiger partial charge in [0.2, 0.25) is 5.76 Å². The number of rotatable bonds is 2. The summed E-state index contributed by atoms with van der Waals surface area (Å²) in [6.07, 6.45) is 1.45. The van der Waals surface area contributed by atoms with Gasteiger partial charge in [-0.25, -0.2) is 14.6 Å². The van der Waals surface area contributed by atoms with Crippen LogP contribution in [-0.4, -0.2) is 16.1 Å². The van der Waals surface area contributed by atoms with Crippen molar-refractivity contribution in [2.45, 2.75) is 0 Å². The minimum atomic E-state index is -1.32. The summed E-state index contributed by atoms with van der Waals surface area (Å²) in [5.74, 6) is -1.73. The summed E-state index contributed by atoms with van der Waals surface area (Å²) in [6, 6.07) is 9.86. The second-order valence-electron chi connectivity index (χ2n) is 4.31. The molecular formula is C15H8ClNO4. The largest absolute Gasteiger partial charge is 0.475 e. The van der Waals surface area contributed by atoms with Crippen molar-refractivity contribution in [2.75, 3.05) is 0 Å². The fourth-order valence-corrected chi connectivity index (χ4v) is 2.26. The third-order valence-electron chi connectivity index (χ3n) is 3.02. The Labute approximate surface area is 123 Å². The van der Waals surface area contributed by atoms with Crippen LogP contribution in [0, 0.1) is 0 Å². The molecule has 0 unspecified atom stereocenters. The number of carbonyl (C=O) groups is 1. The number of carboxylic acids is 1. The molecule has 0 amide bonds. The summed E-state index contributed by atoms with van der Waals surface area (Å²) in [5.41, 5.74) is 0.202. The molecule has 3 rings (SSSR count). The molecule has 1 N–H and O–H groups in total. The molecule has 0 spiro atoms. The van der Waals surface area contributed by atoms with Gasteiger partial charge in [0.05, 0.1) is 0 Å². The molecule has 5 nitrogen and oxygen atoms in total. The Morgan fingerprint density at radius 2 is 1.90 bits per heavy atom. The molecule has 0 saturated carbocycles. The highest BCUT2D eigenvalue weighted by atomic mass is 35.5. The highest BCUT2D eigenvalue weighted by Crippen LogP contribution is 2.30. The van der Waals surface area contributed by atoms with Crippen molar-refractivity contribution in [1.29, 1.82) is 0 Å². The van der Waals surface area contributed by atoms with Crippen LogP contribution in [0.2, 0.25) is 5.02 Å². The van der Waals surface area contributed by atoms with Gasteiger partial charge in [0.15, 0.2) is 5.52 Å². The normalized spacial score (nSPS) is 10.7. The van der Waals surface area contributed by atoms with Crippen molar-refractivity contribution >= 4 is 28.5 Å². The van der Waals surface area contributed by atoms with Gasteiger partial charge < -0.3 is 9.52 Å². The van der Waals surface area contributed by atoms with Crippen LogP contribution in [0.1, 0.15) is 10.6 Å². The fourth-order valence-electron chi connectivity index (χ4n) is 2.14. The van der Waals surface area contributed by atoms with Crippen LogP contribution < -0.4 is 5.63 Å². The number of carboxylic acid groups (broad SMARTS) is 1. The van der Waals surface area contributed by atoms with E-state index >= 15 is 0 Å². The Kier molecular flexibility index (Phi) is 3.19. The Morgan fingerprint density at radius 1 is 1.19 bits per heavy atom.